The van der Waals surface area contributed by atoms with E-state index in [1.807, 2.05) is 19.1 Å². The molecular formula is C20H20ClN3O5. The van der Waals surface area contributed by atoms with Crippen molar-refractivity contribution in [1.82, 2.24) is 5.01 Å². The Balaban J connectivity index is 1.67. The van der Waals surface area contributed by atoms with E-state index in [2.05, 4.69) is 5.10 Å². The van der Waals surface area contributed by atoms with Crippen LogP contribution in [0.5, 0.6) is 5.75 Å². The van der Waals surface area contributed by atoms with Crippen molar-refractivity contribution < 1.29 is 19.2 Å². The number of carbonyl (C=O) groups is 2. The highest BCUT2D eigenvalue weighted by Crippen LogP contribution is 2.52. The number of amides is 2. The van der Waals surface area contributed by atoms with Crippen molar-refractivity contribution in [3.8, 4) is 5.75 Å². The molecule has 3 aliphatic rings. The molecule has 0 aromatic heterocycles. The summed E-state index contributed by atoms with van der Waals surface area (Å²) >= 11 is 6.04. The average Bonchev–Trinajstić information content (AvgIpc) is 3.36. The highest BCUT2D eigenvalue weighted by atomic mass is 35.5. The number of nitrogens with zero attached hydrogens (tertiary/aromatic N) is 3. The van der Waals surface area contributed by atoms with Crippen LogP contribution in [0.15, 0.2) is 29.4 Å². The van der Waals surface area contributed by atoms with Crippen molar-refractivity contribution in [2.24, 2.45) is 28.8 Å². The number of rotatable bonds is 6. The lowest BCUT2D eigenvalue weighted by atomic mass is 9.85. The lowest BCUT2D eigenvalue weighted by molar-refractivity contribution is -0.386. The molecule has 152 valence electrons. The quantitative estimate of drug-likeness (QED) is 0.231. The van der Waals surface area contributed by atoms with Crippen molar-refractivity contribution in [2.45, 2.75) is 32.8 Å². The van der Waals surface area contributed by atoms with Gasteiger partial charge in [0.1, 0.15) is 0 Å². The first kappa shape index (κ1) is 19.6. The molecule has 0 radical (unpaired) electrons. The van der Waals surface area contributed by atoms with Crippen molar-refractivity contribution in [2.75, 3.05) is 0 Å². The molecule has 1 aliphatic heterocycles. The van der Waals surface area contributed by atoms with Crippen molar-refractivity contribution in [3.05, 3.63) is 45.0 Å². The highest BCUT2D eigenvalue weighted by Gasteiger charge is 2.59. The number of ether oxygens (including phenoxy) is 1. The van der Waals surface area contributed by atoms with E-state index < -0.39 is 4.92 Å². The van der Waals surface area contributed by atoms with Gasteiger partial charge in [-0.1, -0.05) is 30.7 Å². The van der Waals surface area contributed by atoms with E-state index in [-0.39, 0.29) is 63.6 Å². The van der Waals surface area contributed by atoms with Crippen LogP contribution in [0, 0.1) is 33.8 Å². The van der Waals surface area contributed by atoms with Crippen LogP contribution in [0.4, 0.5) is 5.69 Å². The molecule has 29 heavy (non-hydrogen) atoms. The first-order valence-electron chi connectivity index (χ1n) is 9.56. The molecule has 9 heteroatoms. The summed E-state index contributed by atoms with van der Waals surface area (Å²) in [5.74, 6) is -1.20. The maximum atomic E-state index is 12.8. The number of nitro benzene ring substituents is 1. The van der Waals surface area contributed by atoms with Gasteiger partial charge < -0.3 is 4.74 Å². The zero-order valence-electron chi connectivity index (χ0n) is 15.9. The number of benzene rings is 1. The molecule has 5 atom stereocenters. The van der Waals surface area contributed by atoms with Gasteiger partial charge in [-0.3, -0.25) is 19.7 Å². The summed E-state index contributed by atoms with van der Waals surface area (Å²) in [6.07, 6.45) is 6.43. The van der Waals surface area contributed by atoms with Crippen LogP contribution < -0.4 is 4.74 Å². The smallest absolute Gasteiger partial charge is 0.313 e. The summed E-state index contributed by atoms with van der Waals surface area (Å²) < 4.78 is 5.74. The maximum Gasteiger partial charge on any atom is 0.313 e. The molecular weight excluding hydrogens is 398 g/mol. The van der Waals surface area contributed by atoms with E-state index in [1.165, 1.54) is 18.3 Å². The van der Waals surface area contributed by atoms with E-state index in [1.54, 1.807) is 6.92 Å². The molecule has 0 unspecified atom stereocenters. The molecule has 1 aromatic carbocycles. The zero-order chi connectivity index (χ0) is 20.9. The Morgan fingerprint density at radius 3 is 2.48 bits per heavy atom. The number of hydrazone groups is 1. The van der Waals surface area contributed by atoms with E-state index in [0.717, 1.165) is 11.4 Å². The lowest BCUT2D eigenvalue weighted by Gasteiger charge is -2.15. The molecule has 1 aromatic rings. The standard InChI is InChI=1S/C20H20ClN3O5/c1-3-10(2)29-18-13(7-14(21)8-15(18)24(27)28)9-22-23-19(25)16-11-4-5-12(6-11)17(16)20(23)26/h4-5,7-12,16-17H,3,6H2,1-2H3/t10-,11+,12+,16-,17+/m1/s1. The van der Waals surface area contributed by atoms with Crippen LogP contribution in [0.3, 0.4) is 0 Å². The van der Waals surface area contributed by atoms with Gasteiger partial charge in [0.15, 0.2) is 0 Å². The summed E-state index contributed by atoms with van der Waals surface area (Å²) in [5.41, 5.74) is -0.0549. The number of hydrogen-bond acceptors (Lipinski definition) is 6. The molecule has 0 N–H and O–H groups in total. The van der Waals surface area contributed by atoms with Gasteiger partial charge in [0, 0.05) is 16.7 Å². The predicted molar refractivity (Wildman–Crippen MR) is 106 cm³/mol. The topological polar surface area (TPSA) is 102 Å². The Kier molecular flexibility index (Phi) is 4.90. The molecule has 8 nitrogen and oxygen atoms in total. The first-order chi connectivity index (χ1) is 13.8. The van der Waals surface area contributed by atoms with Crippen LogP contribution in [-0.2, 0) is 9.59 Å². The molecule has 4 rings (SSSR count). The lowest BCUT2D eigenvalue weighted by Crippen LogP contribution is -2.28. The largest absolute Gasteiger partial charge is 0.483 e. The van der Waals surface area contributed by atoms with Gasteiger partial charge in [-0.05, 0) is 37.7 Å². The second kappa shape index (κ2) is 7.26. The van der Waals surface area contributed by atoms with Crippen molar-refractivity contribution >= 4 is 35.3 Å². The summed E-state index contributed by atoms with van der Waals surface area (Å²) in [6.45, 7) is 3.68. The van der Waals surface area contributed by atoms with Gasteiger partial charge >= 0.3 is 5.69 Å². The number of carbonyl (C=O) groups excluding carboxylic acids is 2. The Morgan fingerprint density at radius 1 is 1.31 bits per heavy atom. The molecule has 2 bridgehead atoms. The SMILES string of the molecule is CC[C@@H](C)Oc1c(C=NN2C(=O)[C@@H]3[C@H](C2=O)[C@H]2C=C[C@H]3C2)cc(Cl)cc1[N+](=O)[O-]. The Hall–Kier alpha value is -2.74. The van der Waals surface area contributed by atoms with Gasteiger partial charge in [-0.15, -0.1) is 0 Å². The van der Waals surface area contributed by atoms with E-state index in [9.17, 15) is 19.7 Å². The maximum absolute atomic E-state index is 12.8. The third kappa shape index (κ3) is 3.21. The predicted octanol–water partition coefficient (Wildman–Crippen LogP) is 3.57. The third-order valence-corrected chi connectivity index (χ3v) is 6.13. The molecule has 0 spiro atoms. The number of hydrogen-bond donors (Lipinski definition) is 0. The minimum absolute atomic E-state index is 0.0125. The number of nitro groups is 1. The summed E-state index contributed by atoms with van der Waals surface area (Å²) in [6, 6.07) is 2.67. The fourth-order valence-electron chi connectivity index (χ4n) is 4.36. The monoisotopic (exact) mass is 417 g/mol. The second-order valence-corrected chi connectivity index (χ2v) is 8.11. The van der Waals surface area contributed by atoms with Crippen LogP contribution in [-0.4, -0.2) is 34.1 Å². The fraction of sp³-hybridized carbons (Fsp3) is 0.450. The summed E-state index contributed by atoms with van der Waals surface area (Å²) in [7, 11) is 0. The molecule has 1 heterocycles. The summed E-state index contributed by atoms with van der Waals surface area (Å²) in [5, 5.41) is 16.6. The van der Waals surface area contributed by atoms with Crippen molar-refractivity contribution in [1.29, 1.82) is 0 Å². The van der Waals surface area contributed by atoms with Gasteiger partial charge in [0.05, 0.1) is 29.1 Å². The highest BCUT2D eigenvalue weighted by molar-refractivity contribution is 6.31. The minimum atomic E-state index is -0.582. The third-order valence-electron chi connectivity index (χ3n) is 5.91. The second-order valence-electron chi connectivity index (χ2n) is 7.67. The van der Waals surface area contributed by atoms with Crippen LogP contribution in [0.2, 0.25) is 5.02 Å². The van der Waals surface area contributed by atoms with Gasteiger partial charge in [0.25, 0.3) is 11.8 Å². The Bertz CT molecular complexity index is 930. The van der Waals surface area contributed by atoms with Gasteiger partial charge in [0.2, 0.25) is 5.75 Å². The fourth-order valence-corrected chi connectivity index (χ4v) is 4.59. The molecule has 1 saturated carbocycles. The zero-order valence-corrected chi connectivity index (χ0v) is 16.7. The van der Waals surface area contributed by atoms with Gasteiger partial charge in [-0.25, -0.2) is 0 Å². The van der Waals surface area contributed by atoms with Crippen LogP contribution >= 0.6 is 11.6 Å². The molecule has 2 fully saturated rings. The average molecular weight is 418 g/mol. The van der Waals surface area contributed by atoms with Crippen LogP contribution in [0.25, 0.3) is 0 Å². The molecule has 1 saturated heterocycles. The first-order valence-corrected chi connectivity index (χ1v) is 9.94. The molecule has 2 aliphatic carbocycles. The van der Waals surface area contributed by atoms with E-state index >= 15 is 0 Å². The molecule has 2 amide bonds. The Labute approximate surface area is 172 Å². The van der Waals surface area contributed by atoms with Gasteiger partial charge in [-0.2, -0.15) is 10.1 Å². The number of imide groups is 1. The normalized spacial score (nSPS) is 28.4. The minimum Gasteiger partial charge on any atom is -0.483 e. The summed E-state index contributed by atoms with van der Waals surface area (Å²) in [4.78, 5) is 36.4. The number of halogens is 1. The van der Waals surface area contributed by atoms with Crippen LogP contribution in [0.1, 0.15) is 32.3 Å². The van der Waals surface area contributed by atoms with E-state index in [4.69, 9.17) is 16.3 Å². The van der Waals surface area contributed by atoms with Crippen molar-refractivity contribution in [3.63, 3.8) is 0 Å². The number of allylic oxidation sites excluding steroid dienone is 2. The number of fused-ring (bicyclic) bond motifs is 5. The Morgan fingerprint density at radius 2 is 1.93 bits per heavy atom. The van der Waals surface area contributed by atoms with E-state index in [0.29, 0.717) is 6.42 Å².